The van der Waals surface area contributed by atoms with Crippen molar-refractivity contribution in [3.8, 4) is 11.5 Å². The number of likely N-dealkylation sites (N-methyl/N-ethyl adjacent to an activating group) is 1. The molecule has 0 spiro atoms. The second kappa shape index (κ2) is 17.7. The van der Waals surface area contributed by atoms with Gasteiger partial charge in [0, 0.05) is 43.2 Å². The first-order chi connectivity index (χ1) is 25.9. The zero-order chi connectivity index (χ0) is 38.6. The summed E-state index contributed by atoms with van der Waals surface area (Å²) in [6, 6.07) is 27.2. The molecule has 294 valence electrons. The number of hydroxylamine groups is 2. The first kappa shape index (κ1) is 40.4. The van der Waals surface area contributed by atoms with Crippen LogP contribution in [0.2, 0.25) is 0 Å². The van der Waals surface area contributed by atoms with E-state index in [4.69, 9.17) is 9.57 Å². The number of hydrogen-bond acceptors (Lipinski definition) is 7. The van der Waals surface area contributed by atoms with Crippen LogP contribution >= 0.6 is 0 Å². The lowest BCUT2D eigenvalue weighted by Crippen LogP contribution is -2.62. The lowest BCUT2D eigenvalue weighted by Gasteiger charge is -2.62. The van der Waals surface area contributed by atoms with Crippen LogP contribution in [0.15, 0.2) is 78.9 Å². The molecule has 3 aromatic carbocycles. The molecule has 2 N–H and O–H groups in total. The molecular formula is C46H66N4O4. The number of nitrogens with zero attached hydrogens (tertiary/aromatic N) is 3. The third-order valence-electron chi connectivity index (χ3n) is 12.9. The predicted octanol–water partition coefficient (Wildman–Crippen LogP) is 8.15. The minimum atomic E-state index is -0.456. The van der Waals surface area contributed by atoms with Crippen molar-refractivity contribution in [3.05, 3.63) is 95.6 Å². The van der Waals surface area contributed by atoms with Crippen LogP contribution in [0.4, 0.5) is 0 Å². The Balaban J connectivity index is 1.22. The summed E-state index contributed by atoms with van der Waals surface area (Å²) in [5.74, 6) is 3.95. The number of aliphatic hydroxyl groups is 1. The molecule has 8 nitrogen and oxygen atoms in total. The fraction of sp³-hybridized carbons (Fsp3) is 0.587. The van der Waals surface area contributed by atoms with Gasteiger partial charge in [0.1, 0.15) is 23.6 Å². The van der Waals surface area contributed by atoms with Crippen LogP contribution in [0.25, 0.3) is 0 Å². The van der Waals surface area contributed by atoms with Gasteiger partial charge in [-0.2, -0.15) is 5.06 Å². The highest BCUT2D eigenvalue weighted by Gasteiger charge is 2.57. The average molecular weight is 739 g/mol. The molecule has 0 aromatic heterocycles. The summed E-state index contributed by atoms with van der Waals surface area (Å²) < 4.78 is 6.42. The molecule has 3 aromatic rings. The van der Waals surface area contributed by atoms with E-state index in [9.17, 15) is 9.90 Å². The lowest BCUT2D eigenvalue weighted by molar-refractivity contribution is -0.183. The van der Waals surface area contributed by atoms with Gasteiger partial charge in [-0.1, -0.05) is 102 Å². The average Bonchev–Trinajstić information content (AvgIpc) is 3.49. The highest BCUT2D eigenvalue weighted by molar-refractivity contribution is 5.82. The van der Waals surface area contributed by atoms with Gasteiger partial charge in [0.05, 0.1) is 13.2 Å². The number of para-hydroxylation sites is 2. The third kappa shape index (κ3) is 9.22. The number of benzene rings is 3. The summed E-state index contributed by atoms with van der Waals surface area (Å²) in [4.78, 5) is 25.5. The zero-order valence-electron chi connectivity index (χ0n) is 34.1. The summed E-state index contributed by atoms with van der Waals surface area (Å²) in [5.41, 5.74) is 3.81. The van der Waals surface area contributed by atoms with E-state index >= 15 is 0 Å². The van der Waals surface area contributed by atoms with Gasteiger partial charge in [-0.25, -0.2) is 0 Å². The summed E-state index contributed by atoms with van der Waals surface area (Å²) in [7, 11) is 4.31. The first-order valence-electron chi connectivity index (χ1n) is 20.5. The number of hydrogen-bond donors (Lipinski definition) is 2. The van der Waals surface area contributed by atoms with Crippen LogP contribution in [0.1, 0.15) is 83.9 Å². The molecule has 4 fully saturated rings. The second-order valence-corrected chi connectivity index (χ2v) is 17.8. The van der Waals surface area contributed by atoms with E-state index in [0.717, 1.165) is 61.5 Å². The maximum atomic E-state index is 14.2. The molecule has 3 aliphatic carbocycles. The van der Waals surface area contributed by atoms with Crippen LogP contribution in [-0.2, 0) is 29.3 Å². The van der Waals surface area contributed by atoms with Crippen LogP contribution in [0.3, 0.4) is 0 Å². The monoisotopic (exact) mass is 739 g/mol. The van der Waals surface area contributed by atoms with Gasteiger partial charge in [-0.3, -0.25) is 14.5 Å². The molecule has 1 saturated heterocycles. The topological polar surface area (TPSA) is 77.5 Å². The number of fused-ring (bicyclic) bond motifs is 2. The summed E-state index contributed by atoms with van der Waals surface area (Å²) in [6.45, 7) is 16.6. The lowest BCUT2D eigenvalue weighted by atomic mass is 9.45. The first-order valence-corrected chi connectivity index (χ1v) is 20.5. The van der Waals surface area contributed by atoms with Crippen LogP contribution < -0.4 is 10.1 Å². The maximum Gasteiger partial charge on any atom is 0.240 e. The Morgan fingerprint density at radius 2 is 1.72 bits per heavy atom. The fourth-order valence-corrected chi connectivity index (χ4v) is 9.89. The normalized spacial score (nSPS) is 26.9. The predicted molar refractivity (Wildman–Crippen MR) is 217 cm³/mol. The summed E-state index contributed by atoms with van der Waals surface area (Å²) in [6.07, 6.45) is 3.74. The van der Waals surface area contributed by atoms with Gasteiger partial charge < -0.3 is 20.1 Å². The standard InChI is InChI=1S/C46H66N4O4/c1-9-39-43(30-51)54-50(44(39)45(52)47-41-25-36-24-40(32(41)4)46(36,5)6)27-34-17-15-16-33(23-34)26-49(37(22-31(2)3)29-48(7)8)28-35-18-13-14-21-42(35)53-38-19-11-10-12-20-38/h10-21,23,31-32,36-37,39-41,43-44,51H,9,22,24-30H2,1-8H3,(H,47,52)/t32-,36+,37-,39+,40-,41-,43-,44-/m0/s1. The molecule has 4 aliphatic rings. The number of amides is 1. The molecule has 0 radical (unpaired) electrons. The summed E-state index contributed by atoms with van der Waals surface area (Å²) >= 11 is 0. The smallest absolute Gasteiger partial charge is 0.240 e. The van der Waals surface area contributed by atoms with Crippen molar-refractivity contribution in [1.82, 2.24) is 20.2 Å². The van der Waals surface area contributed by atoms with Crippen molar-refractivity contribution in [2.24, 2.45) is 35.0 Å². The van der Waals surface area contributed by atoms with Gasteiger partial charge >= 0.3 is 0 Å². The van der Waals surface area contributed by atoms with E-state index < -0.39 is 12.1 Å². The molecule has 2 bridgehead atoms. The number of nitrogens with one attached hydrogen (secondary N) is 1. The number of ether oxygens (including phenoxy) is 1. The minimum Gasteiger partial charge on any atom is -0.457 e. The molecule has 8 heteroatoms. The molecule has 3 saturated carbocycles. The maximum absolute atomic E-state index is 14.2. The molecule has 1 heterocycles. The Morgan fingerprint density at radius 1 is 1.00 bits per heavy atom. The second-order valence-electron chi connectivity index (χ2n) is 17.8. The van der Waals surface area contributed by atoms with Crippen LogP contribution in [-0.4, -0.2) is 77.4 Å². The van der Waals surface area contributed by atoms with Gasteiger partial charge in [-0.05, 0) is 98.2 Å². The molecule has 7 rings (SSSR count). The molecule has 1 aliphatic heterocycles. The van der Waals surface area contributed by atoms with Crippen molar-refractivity contribution in [1.29, 1.82) is 0 Å². The van der Waals surface area contributed by atoms with Crippen molar-refractivity contribution in [2.45, 2.75) is 111 Å². The quantitative estimate of drug-likeness (QED) is 0.145. The third-order valence-corrected chi connectivity index (χ3v) is 12.9. The van der Waals surface area contributed by atoms with E-state index in [-0.39, 0.29) is 24.5 Å². The minimum absolute atomic E-state index is 0.0349. The van der Waals surface area contributed by atoms with Crippen molar-refractivity contribution in [3.63, 3.8) is 0 Å². The Hall–Kier alpha value is -3.27. The Bertz CT molecular complexity index is 1650. The number of rotatable bonds is 17. The van der Waals surface area contributed by atoms with E-state index in [1.54, 1.807) is 0 Å². The largest absolute Gasteiger partial charge is 0.457 e. The molecule has 1 amide bonds. The van der Waals surface area contributed by atoms with Gasteiger partial charge in [0.25, 0.3) is 0 Å². The Kier molecular flexibility index (Phi) is 13.2. The fourth-order valence-electron chi connectivity index (χ4n) is 9.89. The highest BCUT2D eigenvalue weighted by atomic mass is 16.7. The van der Waals surface area contributed by atoms with Crippen molar-refractivity contribution >= 4 is 5.91 Å². The van der Waals surface area contributed by atoms with E-state index in [1.807, 2.05) is 41.5 Å². The van der Waals surface area contributed by atoms with Crippen LogP contribution in [0.5, 0.6) is 11.5 Å². The molecule has 54 heavy (non-hydrogen) atoms. The highest BCUT2D eigenvalue weighted by Crippen LogP contribution is 2.61. The zero-order valence-corrected chi connectivity index (χ0v) is 34.1. The number of aliphatic hydroxyl groups excluding tert-OH is 1. The van der Waals surface area contributed by atoms with E-state index in [0.29, 0.717) is 41.7 Å². The van der Waals surface area contributed by atoms with Gasteiger partial charge in [-0.15, -0.1) is 0 Å². The van der Waals surface area contributed by atoms with E-state index in [1.165, 1.54) is 12.0 Å². The Labute approximate surface area is 325 Å². The van der Waals surface area contributed by atoms with Crippen LogP contribution in [0, 0.1) is 35.0 Å². The molecule has 8 atom stereocenters. The van der Waals surface area contributed by atoms with Crippen molar-refractivity contribution in [2.75, 3.05) is 27.2 Å². The van der Waals surface area contributed by atoms with Crippen molar-refractivity contribution < 1.29 is 19.5 Å². The number of carbonyl (C=O) groups excluding carboxylic acids is 1. The van der Waals surface area contributed by atoms with Gasteiger partial charge in [0.2, 0.25) is 5.91 Å². The summed E-state index contributed by atoms with van der Waals surface area (Å²) in [5, 5.41) is 15.7. The SMILES string of the molecule is CC[C@@H]1[C@H](CO)ON(Cc2cccc(CN(Cc3ccccc3Oc3ccccc3)[C@@H](CC(C)C)CN(C)C)c2)[C@@H]1C(=O)N[C@H]1C[C@H]2C[C@@H]([C@@H]1C)C2(C)C. The van der Waals surface area contributed by atoms with Gasteiger partial charge in [0.15, 0.2) is 0 Å². The molecular weight excluding hydrogens is 673 g/mol. The molecule has 0 unspecified atom stereocenters. The van der Waals surface area contributed by atoms with E-state index in [2.05, 4.69) is 113 Å². The number of carbonyl (C=O) groups is 1. The Morgan fingerprint density at radius 3 is 2.39 bits per heavy atom.